The molecule has 0 aliphatic heterocycles. The molecule has 0 aliphatic rings. The molecule has 3 aromatic rings. The van der Waals surface area contributed by atoms with E-state index in [-0.39, 0.29) is 36.9 Å². The van der Waals surface area contributed by atoms with Crippen LogP contribution in [0.2, 0.25) is 0 Å². The number of pyridine rings is 1. The van der Waals surface area contributed by atoms with Crippen LogP contribution in [0.1, 0.15) is 85.5 Å². The summed E-state index contributed by atoms with van der Waals surface area (Å²) >= 11 is 0. The summed E-state index contributed by atoms with van der Waals surface area (Å²) in [4.78, 5) is 43.1. The summed E-state index contributed by atoms with van der Waals surface area (Å²) in [5.74, 6) is 0.195. The number of aryl methyl sites for hydroxylation is 1. The number of anilines is 1. The number of nitrogens with one attached hydrogen (secondary N) is 1. The summed E-state index contributed by atoms with van der Waals surface area (Å²) < 4.78 is 30.2. The third-order valence-corrected chi connectivity index (χ3v) is 6.82. The SMILES string of the molecule is CC.CCCCc1nc(COC(C)=O)c2nc(NCc3ccc(S(C)(=O)=O)cn3)c(=O)n([C@H](C)CC)c2n1.[HH]. The van der Waals surface area contributed by atoms with Crippen LogP contribution < -0.4 is 10.9 Å². The summed E-state index contributed by atoms with van der Waals surface area (Å²) in [6.45, 7) is 11.3. The highest BCUT2D eigenvalue weighted by Gasteiger charge is 2.21. The number of carbonyl (C=O) groups is 1. The largest absolute Gasteiger partial charge is 0.459 e. The van der Waals surface area contributed by atoms with Gasteiger partial charge in [0, 0.05) is 33.3 Å². The van der Waals surface area contributed by atoms with Crippen LogP contribution in [0.25, 0.3) is 11.2 Å². The smallest absolute Gasteiger partial charge is 0.303 e. The van der Waals surface area contributed by atoms with Gasteiger partial charge >= 0.3 is 5.97 Å². The van der Waals surface area contributed by atoms with E-state index in [4.69, 9.17) is 4.74 Å². The van der Waals surface area contributed by atoms with Gasteiger partial charge in [-0.05, 0) is 31.9 Å². The molecule has 0 fully saturated rings. The summed E-state index contributed by atoms with van der Waals surface area (Å²) in [6, 6.07) is 2.87. The average Bonchev–Trinajstić information content (AvgIpc) is 2.90. The molecule has 1 atom stereocenters. The molecule has 210 valence electrons. The maximum atomic E-state index is 13.5. The maximum absolute atomic E-state index is 13.5. The van der Waals surface area contributed by atoms with E-state index in [1.165, 1.54) is 19.2 Å². The molecule has 0 spiro atoms. The molecule has 38 heavy (non-hydrogen) atoms. The van der Waals surface area contributed by atoms with E-state index in [1.54, 1.807) is 10.6 Å². The molecule has 0 aromatic carbocycles. The summed E-state index contributed by atoms with van der Waals surface area (Å²) in [5.41, 5.74) is 1.39. The molecule has 0 amide bonds. The first-order valence-corrected chi connectivity index (χ1v) is 14.8. The minimum atomic E-state index is -3.36. The molecule has 3 heterocycles. The van der Waals surface area contributed by atoms with Crippen LogP contribution >= 0.6 is 0 Å². The average molecular weight is 549 g/mol. The summed E-state index contributed by atoms with van der Waals surface area (Å²) in [7, 11) is -3.36. The first-order chi connectivity index (χ1) is 18.0. The third-order valence-electron chi connectivity index (χ3n) is 5.72. The van der Waals surface area contributed by atoms with Crippen molar-refractivity contribution in [1.82, 2.24) is 24.5 Å². The molecule has 12 heteroatoms. The van der Waals surface area contributed by atoms with Gasteiger partial charge in [0.1, 0.15) is 23.6 Å². The Labute approximate surface area is 225 Å². The van der Waals surface area contributed by atoms with Gasteiger partial charge in [0.05, 0.1) is 17.1 Å². The second-order valence-corrected chi connectivity index (χ2v) is 10.7. The van der Waals surface area contributed by atoms with Gasteiger partial charge in [0.15, 0.2) is 21.3 Å². The number of ether oxygens (including phenoxy) is 1. The van der Waals surface area contributed by atoms with E-state index in [0.717, 1.165) is 19.1 Å². The van der Waals surface area contributed by atoms with Crippen LogP contribution in [-0.2, 0) is 38.9 Å². The first-order valence-electron chi connectivity index (χ1n) is 12.9. The van der Waals surface area contributed by atoms with Crippen molar-refractivity contribution in [2.45, 2.75) is 91.3 Å². The van der Waals surface area contributed by atoms with Crippen molar-refractivity contribution in [3.63, 3.8) is 0 Å². The van der Waals surface area contributed by atoms with Crippen LogP contribution in [0.4, 0.5) is 5.82 Å². The highest BCUT2D eigenvalue weighted by atomic mass is 32.2. The fourth-order valence-corrected chi connectivity index (χ4v) is 4.08. The topological polar surface area (TPSA) is 146 Å². The summed E-state index contributed by atoms with van der Waals surface area (Å²) in [5, 5.41) is 3.02. The van der Waals surface area contributed by atoms with Crippen molar-refractivity contribution in [2.75, 3.05) is 11.6 Å². The lowest BCUT2D eigenvalue weighted by molar-refractivity contribution is -0.142. The van der Waals surface area contributed by atoms with Crippen molar-refractivity contribution in [2.24, 2.45) is 0 Å². The zero-order valence-corrected chi connectivity index (χ0v) is 24.1. The van der Waals surface area contributed by atoms with Gasteiger partial charge in [-0.15, -0.1) is 0 Å². The van der Waals surface area contributed by atoms with Crippen LogP contribution in [0, 0.1) is 0 Å². The summed E-state index contributed by atoms with van der Waals surface area (Å²) in [6.07, 6.45) is 5.54. The van der Waals surface area contributed by atoms with Gasteiger partial charge in [0.2, 0.25) is 0 Å². The molecule has 11 nitrogen and oxygen atoms in total. The standard InChI is InChI=1S/C24H32N6O5S.C2H6.H2/c1-6-8-9-20-27-19(14-35-16(4)31)21-23(28-20)30(15(3)7-2)24(32)22(29-21)26-12-17-10-11-18(13-25-17)36(5,33)34;1-2;/h10-11,13,15H,6-9,12,14H2,1-5H3,(H,26,29);1-2H3;1H/t15-;;/m1../s1. The predicted octanol–water partition coefficient (Wildman–Crippen LogP) is 4.25. The van der Waals surface area contributed by atoms with Crippen LogP contribution in [-0.4, -0.2) is 45.1 Å². The van der Waals surface area contributed by atoms with E-state index in [9.17, 15) is 18.0 Å². The molecule has 0 saturated carbocycles. The Morgan fingerprint density at radius 2 is 1.89 bits per heavy atom. The Morgan fingerprint density at radius 1 is 1.18 bits per heavy atom. The quantitative estimate of drug-likeness (QED) is 0.345. The fraction of sp³-hybridized carbons (Fsp3) is 0.538. The lowest BCUT2D eigenvalue weighted by Crippen LogP contribution is -2.29. The van der Waals surface area contributed by atoms with Gasteiger partial charge in [-0.25, -0.2) is 23.4 Å². The van der Waals surface area contributed by atoms with Crippen molar-refractivity contribution in [3.05, 3.63) is 45.9 Å². The van der Waals surface area contributed by atoms with E-state index in [2.05, 4.69) is 32.2 Å². The minimum absolute atomic E-state index is 0. The number of carbonyl (C=O) groups excluding carboxylic acids is 1. The Morgan fingerprint density at radius 3 is 2.45 bits per heavy atom. The second kappa shape index (κ2) is 13.9. The number of hydrogen-bond acceptors (Lipinski definition) is 10. The molecule has 0 bridgehead atoms. The number of unbranched alkanes of at least 4 members (excludes halogenated alkanes) is 1. The molecule has 0 unspecified atom stereocenters. The third kappa shape index (κ3) is 7.80. The Hall–Kier alpha value is -3.41. The molecular weight excluding hydrogens is 508 g/mol. The fourth-order valence-electron chi connectivity index (χ4n) is 3.52. The molecular formula is C26H40N6O5S. The van der Waals surface area contributed by atoms with Gasteiger partial charge in [0.25, 0.3) is 5.56 Å². The Kier molecular flexibility index (Phi) is 11.3. The monoisotopic (exact) mass is 548 g/mol. The molecule has 3 aromatic heterocycles. The van der Waals surface area contributed by atoms with E-state index in [0.29, 0.717) is 41.2 Å². The zero-order chi connectivity index (χ0) is 28.5. The number of aromatic nitrogens is 5. The lowest BCUT2D eigenvalue weighted by atomic mass is 10.2. The van der Waals surface area contributed by atoms with Crippen LogP contribution in [0.3, 0.4) is 0 Å². The number of rotatable bonds is 11. The number of sulfone groups is 1. The predicted molar refractivity (Wildman–Crippen MR) is 149 cm³/mol. The van der Waals surface area contributed by atoms with Crippen molar-refractivity contribution in [1.29, 1.82) is 0 Å². The highest BCUT2D eigenvalue weighted by molar-refractivity contribution is 7.90. The van der Waals surface area contributed by atoms with E-state index < -0.39 is 15.8 Å². The normalized spacial score (nSPS) is 12.0. The maximum Gasteiger partial charge on any atom is 0.303 e. The second-order valence-electron chi connectivity index (χ2n) is 8.65. The van der Waals surface area contributed by atoms with Crippen molar-refractivity contribution < 1.29 is 19.4 Å². The first kappa shape index (κ1) is 30.8. The number of nitrogens with zero attached hydrogens (tertiary/aromatic N) is 5. The highest BCUT2D eigenvalue weighted by Crippen LogP contribution is 2.21. The Balaban J connectivity index is 0.00000248. The van der Waals surface area contributed by atoms with Crippen molar-refractivity contribution >= 4 is 32.8 Å². The molecule has 1 N–H and O–H groups in total. The Bertz CT molecular complexity index is 1410. The van der Waals surface area contributed by atoms with Gasteiger partial charge < -0.3 is 10.1 Å². The number of fused-ring (bicyclic) bond motifs is 1. The molecule has 0 saturated heterocycles. The van der Waals surface area contributed by atoms with Crippen LogP contribution in [0.5, 0.6) is 0 Å². The lowest BCUT2D eigenvalue weighted by Gasteiger charge is -2.19. The molecule has 3 rings (SSSR count). The number of hydrogen-bond donors (Lipinski definition) is 1. The van der Waals surface area contributed by atoms with Crippen molar-refractivity contribution in [3.8, 4) is 0 Å². The molecule has 0 radical (unpaired) electrons. The van der Waals surface area contributed by atoms with E-state index in [1.807, 2.05) is 27.7 Å². The van der Waals surface area contributed by atoms with Crippen LogP contribution in [0.15, 0.2) is 28.0 Å². The van der Waals surface area contributed by atoms with E-state index >= 15 is 0 Å². The van der Waals surface area contributed by atoms with Gasteiger partial charge in [-0.1, -0.05) is 34.1 Å². The van der Waals surface area contributed by atoms with Gasteiger partial charge in [-0.3, -0.25) is 19.1 Å². The molecule has 0 aliphatic carbocycles. The zero-order valence-electron chi connectivity index (χ0n) is 23.2. The number of esters is 1. The minimum Gasteiger partial charge on any atom is -0.459 e. The van der Waals surface area contributed by atoms with Gasteiger partial charge in [-0.2, -0.15) is 0 Å².